The van der Waals surface area contributed by atoms with Gasteiger partial charge in [-0.3, -0.25) is 0 Å². The predicted molar refractivity (Wildman–Crippen MR) is 176 cm³/mol. The zero-order valence-corrected chi connectivity index (χ0v) is 25.3. The van der Waals surface area contributed by atoms with Crippen LogP contribution in [0.5, 0.6) is 0 Å². The molecule has 45 heavy (non-hydrogen) atoms. The molecule has 9 heteroatoms. The number of alkyl halides is 3. The van der Waals surface area contributed by atoms with Crippen molar-refractivity contribution >= 4 is 50.2 Å². The first-order chi connectivity index (χ1) is 21.9. The number of nitrogens with zero attached hydrogens (tertiary/aromatic N) is 5. The summed E-state index contributed by atoms with van der Waals surface area (Å²) in [5, 5.41) is 12.9. The topological polar surface area (TPSA) is 45.2 Å². The number of aryl methyl sites for hydroxylation is 1. The van der Waals surface area contributed by atoms with Gasteiger partial charge in [0.2, 0.25) is 0 Å². The molecule has 2 aromatic heterocycles. The lowest BCUT2D eigenvalue weighted by Crippen LogP contribution is -2.47. The monoisotopic (exact) mass is 625 g/mol. The Morgan fingerprint density at radius 3 is 2.16 bits per heavy atom. The Balaban J connectivity index is 0.000000275. The van der Waals surface area contributed by atoms with Gasteiger partial charge in [-0.05, 0) is 66.6 Å². The van der Waals surface area contributed by atoms with E-state index < -0.39 is 11.7 Å². The molecule has 5 nitrogen and oxygen atoms in total. The molecular weight excluding hydrogens is 595 g/mol. The smallest absolute Gasteiger partial charge is 0.367 e. The summed E-state index contributed by atoms with van der Waals surface area (Å²) in [5.74, 6) is 0.583. The molecule has 0 atom stereocenters. The van der Waals surface area contributed by atoms with Gasteiger partial charge in [-0.2, -0.15) is 23.4 Å². The lowest BCUT2D eigenvalue weighted by atomic mass is 9.79. The Morgan fingerprint density at radius 2 is 1.47 bits per heavy atom. The molecule has 0 unspecified atom stereocenters. The minimum Gasteiger partial charge on any atom is -0.367 e. The molecule has 1 aliphatic heterocycles. The second-order valence-electron chi connectivity index (χ2n) is 11.5. The first-order valence-electron chi connectivity index (χ1n) is 15.2. The van der Waals surface area contributed by atoms with Gasteiger partial charge in [0.25, 0.3) is 0 Å². The summed E-state index contributed by atoms with van der Waals surface area (Å²) < 4.78 is 38.7. The van der Waals surface area contributed by atoms with E-state index in [0.29, 0.717) is 18.9 Å². The molecule has 0 saturated carbocycles. The quantitative estimate of drug-likeness (QED) is 0.196. The zero-order valence-electron chi connectivity index (χ0n) is 24.6. The highest BCUT2D eigenvalue weighted by Crippen LogP contribution is 2.44. The summed E-state index contributed by atoms with van der Waals surface area (Å²) in [6, 6.07) is 19.1. The van der Waals surface area contributed by atoms with Crippen LogP contribution in [0, 0.1) is 0 Å². The largest absolute Gasteiger partial charge is 0.417 e. The van der Waals surface area contributed by atoms with E-state index in [-0.39, 0.29) is 0 Å². The van der Waals surface area contributed by atoms with E-state index in [4.69, 9.17) is 11.6 Å². The van der Waals surface area contributed by atoms with Crippen molar-refractivity contribution in [1.82, 2.24) is 15.2 Å². The van der Waals surface area contributed by atoms with Crippen LogP contribution in [-0.4, -0.2) is 41.4 Å². The van der Waals surface area contributed by atoms with Crippen LogP contribution in [0.4, 0.5) is 24.7 Å². The fraction of sp³-hybridized carbons (Fsp3) is 0.250. The van der Waals surface area contributed by atoms with Crippen LogP contribution < -0.4 is 9.80 Å². The fourth-order valence-electron chi connectivity index (χ4n) is 6.62. The van der Waals surface area contributed by atoms with Crippen molar-refractivity contribution in [2.75, 3.05) is 36.0 Å². The number of piperazine rings is 1. The second kappa shape index (κ2) is 12.2. The number of anilines is 2. The maximum atomic E-state index is 12.9. The summed E-state index contributed by atoms with van der Waals surface area (Å²) >= 11 is 6.65. The van der Waals surface area contributed by atoms with Crippen LogP contribution >= 0.6 is 11.6 Å². The van der Waals surface area contributed by atoms with Gasteiger partial charge in [0, 0.05) is 64.6 Å². The molecule has 3 aliphatic rings. The number of benzene rings is 3. The van der Waals surface area contributed by atoms with Gasteiger partial charge >= 0.3 is 6.18 Å². The molecule has 0 N–H and O–H groups in total. The first kappa shape index (κ1) is 29.3. The van der Waals surface area contributed by atoms with Crippen molar-refractivity contribution in [2.45, 2.75) is 31.9 Å². The molecule has 2 aliphatic carbocycles. The third kappa shape index (κ3) is 5.87. The molecule has 0 amide bonds. The van der Waals surface area contributed by atoms with E-state index in [1.54, 1.807) is 18.0 Å². The molecule has 228 valence electrons. The first-order valence-corrected chi connectivity index (χ1v) is 15.6. The third-order valence-corrected chi connectivity index (χ3v) is 9.26. The number of pyridine rings is 1. The van der Waals surface area contributed by atoms with Gasteiger partial charge in [-0.15, -0.1) is 0 Å². The second-order valence-corrected chi connectivity index (χ2v) is 11.9. The van der Waals surface area contributed by atoms with E-state index in [2.05, 4.69) is 50.4 Å². The highest BCUT2D eigenvalue weighted by Gasteiger charge is 2.31. The van der Waals surface area contributed by atoms with E-state index in [1.807, 2.05) is 35.2 Å². The molecule has 8 rings (SSSR count). The van der Waals surface area contributed by atoms with Crippen molar-refractivity contribution in [3.63, 3.8) is 0 Å². The Hall–Kier alpha value is -4.43. The summed E-state index contributed by atoms with van der Waals surface area (Å²) in [7, 11) is 0. The Morgan fingerprint density at radius 1 is 0.733 bits per heavy atom. The fourth-order valence-corrected chi connectivity index (χ4v) is 6.84. The van der Waals surface area contributed by atoms with Gasteiger partial charge in [0.1, 0.15) is 5.82 Å². The van der Waals surface area contributed by atoms with Crippen LogP contribution in [-0.2, 0) is 12.6 Å². The average Bonchev–Trinajstić information content (AvgIpc) is 3.08. The molecule has 1 fully saturated rings. The van der Waals surface area contributed by atoms with Crippen LogP contribution in [0.25, 0.3) is 27.1 Å². The molecule has 1 saturated heterocycles. The third-order valence-electron chi connectivity index (χ3n) is 8.93. The Labute approximate surface area is 264 Å². The Kier molecular flexibility index (Phi) is 7.92. The maximum Gasteiger partial charge on any atom is 0.417 e. The van der Waals surface area contributed by atoms with E-state index in [1.165, 1.54) is 33.8 Å². The number of aromatic nitrogens is 3. The SMILES string of the molecule is FC(F)(F)c1ccc(N2CCN(c3ccc(Cl)c4ccc5c(c34)CCC3=C5C=CCC3)CC2)nc1.c1ccc2cnncc2c1. The molecule has 0 bridgehead atoms. The average molecular weight is 626 g/mol. The van der Waals surface area contributed by atoms with Crippen LogP contribution in [0.15, 0.2) is 97.0 Å². The standard InChI is InChI=1S/C28H25ClF3N3.C8H6N2/c29-24-10-11-25(27-22-7-5-18-3-1-2-4-20(18)21(22)8-9-23(24)27)34-13-15-35(16-14-34)26-12-6-19(17-33-26)28(30,31)32;1-2-4-8-6-10-9-5-7(8)3-1/h2,4,6,8-12,17H,1,3,5,7,13-16H2;1-6H. The van der Waals surface area contributed by atoms with E-state index in [9.17, 15) is 13.2 Å². The molecule has 3 heterocycles. The zero-order chi connectivity index (χ0) is 31.0. The summed E-state index contributed by atoms with van der Waals surface area (Å²) in [6.07, 6.45) is 8.99. The van der Waals surface area contributed by atoms with E-state index >= 15 is 0 Å². The Bertz CT molecular complexity index is 1860. The molecule has 3 aromatic carbocycles. The predicted octanol–water partition coefficient (Wildman–Crippen LogP) is 8.91. The van der Waals surface area contributed by atoms with Crippen LogP contribution in [0.2, 0.25) is 5.02 Å². The number of fused-ring (bicyclic) bond motifs is 5. The minimum atomic E-state index is -4.37. The van der Waals surface area contributed by atoms with Gasteiger partial charge in [-0.1, -0.05) is 65.7 Å². The number of halogens is 4. The van der Waals surface area contributed by atoms with Crippen LogP contribution in [0.1, 0.15) is 36.0 Å². The number of rotatable bonds is 2. The van der Waals surface area contributed by atoms with Crippen molar-refractivity contribution < 1.29 is 13.2 Å². The van der Waals surface area contributed by atoms with Crippen LogP contribution in [0.3, 0.4) is 0 Å². The summed E-state index contributed by atoms with van der Waals surface area (Å²) in [4.78, 5) is 8.51. The van der Waals surface area contributed by atoms with Crippen molar-refractivity contribution in [2.24, 2.45) is 0 Å². The van der Waals surface area contributed by atoms with Gasteiger partial charge in [0.15, 0.2) is 0 Å². The normalized spacial score (nSPS) is 16.4. The van der Waals surface area contributed by atoms with Crippen molar-refractivity contribution in [3.8, 4) is 0 Å². The summed E-state index contributed by atoms with van der Waals surface area (Å²) in [5.41, 5.74) is 6.10. The molecule has 0 spiro atoms. The van der Waals surface area contributed by atoms with Gasteiger partial charge < -0.3 is 9.80 Å². The van der Waals surface area contributed by atoms with Crippen molar-refractivity contribution in [3.05, 3.63) is 119 Å². The number of hydrogen-bond donors (Lipinski definition) is 0. The van der Waals surface area contributed by atoms with E-state index in [0.717, 1.165) is 72.2 Å². The molecule has 0 radical (unpaired) electrons. The maximum absolute atomic E-state index is 12.9. The lowest BCUT2D eigenvalue weighted by Gasteiger charge is -2.38. The highest BCUT2D eigenvalue weighted by atomic mass is 35.5. The highest BCUT2D eigenvalue weighted by molar-refractivity contribution is 6.36. The van der Waals surface area contributed by atoms with Crippen molar-refractivity contribution in [1.29, 1.82) is 0 Å². The number of hydrogen-bond acceptors (Lipinski definition) is 5. The number of allylic oxidation sites excluding steroid dienone is 4. The molecular formula is C36H31ClF3N5. The minimum absolute atomic E-state index is 0.583. The summed E-state index contributed by atoms with van der Waals surface area (Å²) in [6.45, 7) is 2.90. The van der Waals surface area contributed by atoms with Gasteiger partial charge in [-0.25, -0.2) is 4.98 Å². The van der Waals surface area contributed by atoms with Gasteiger partial charge in [0.05, 0.1) is 18.0 Å². The molecule has 5 aromatic rings. The lowest BCUT2D eigenvalue weighted by molar-refractivity contribution is -0.137.